The molecule has 0 aliphatic carbocycles. The minimum atomic E-state index is -3.28. The van der Waals surface area contributed by atoms with Crippen LogP contribution in [0.2, 0.25) is 0 Å². The van der Waals surface area contributed by atoms with E-state index in [1.807, 2.05) is 0 Å². The van der Waals surface area contributed by atoms with E-state index < -0.39 is 15.9 Å². The third-order valence-electron chi connectivity index (χ3n) is 3.57. The van der Waals surface area contributed by atoms with Crippen molar-refractivity contribution in [2.75, 3.05) is 24.7 Å². The van der Waals surface area contributed by atoms with Gasteiger partial charge < -0.3 is 5.32 Å². The zero-order valence-electron chi connectivity index (χ0n) is 12.7. The van der Waals surface area contributed by atoms with Gasteiger partial charge >= 0.3 is 0 Å². The summed E-state index contributed by atoms with van der Waals surface area (Å²) in [5, 5.41) is 3.07. The van der Waals surface area contributed by atoms with Gasteiger partial charge in [0.15, 0.2) is 10.9 Å². The molecule has 7 nitrogen and oxygen atoms in total. The van der Waals surface area contributed by atoms with E-state index in [9.17, 15) is 18.0 Å². The Morgan fingerprint density at radius 1 is 1.41 bits per heavy atom. The highest BCUT2D eigenvalue weighted by Crippen LogP contribution is 2.25. The van der Waals surface area contributed by atoms with Crippen molar-refractivity contribution in [3.63, 3.8) is 0 Å². The van der Waals surface area contributed by atoms with Crippen LogP contribution in [-0.2, 0) is 14.8 Å². The molecule has 22 heavy (non-hydrogen) atoms. The van der Waals surface area contributed by atoms with Gasteiger partial charge in [-0.2, -0.15) is 0 Å². The van der Waals surface area contributed by atoms with Crippen LogP contribution in [0.5, 0.6) is 0 Å². The van der Waals surface area contributed by atoms with Crippen LogP contribution in [0.15, 0.2) is 0 Å². The molecule has 1 aromatic heterocycles. The van der Waals surface area contributed by atoms with E-state index in [-0.39, 0.29) is 18.2 Å². The summed E-state index contributed by atoms with van der Waals surface area (Å²) in [6, 6.07) is 0. The minimum Gasteiger partial charge on any atom is -0.302 e. The van der Waals surface area contributed by atoms with Crippen molar-refractivity contribution in [2.45, 2.75) is 26.7 Å². The monoisotopic (exact) mass is 345 g/mol. The second kappa shape index (κ2) is 6.43. The zero-order valence-corrected chi connectivity index (χ0v) is 14.4. The normalized spacial score (nSPS) is 19.9. The van der Waals surface area contributed by atoms with E-state index in [2.05, 4.69) is 10.3 Å². The Hall–Kier alpha value is -1.32. The lowest BCUT2D eigenvalue weighted by Gasteiger charge is -2.29. The molecule has 0 aromatic carbocycles. The van der Waals surface area contributed by atoms with Crippen LogP contribution >= 0.6 is 11.3 Å². The van der Waals surface area contributed by atoms with Crippen molar-refractivity contribution in [1.82, 2.24) is 9.29 Å². The molecular weight excluding hydrogens is 326 g/mol. The smallest absolute Gasteiger partial charge is 0.230 e. The lowest BCUT2D eigenvalue weighted by molar-refractivity contribution is -0.120. The summed E-state index contributed by atoms with van der Waals surface area (Å²) in [5.74, 6) is -0.734. The van der Waals surface area contributed by atoms with Gasteiger partial charge in [-0.1, -0.05) is 11.3 Å². The molecule has 2 heterocycles. The molecule has 122 valence electrons. The zero-order chi connectivity index (χ0) is 16.5. The van der Waals surface area contributed by atoms with E-state index in [1.54, 1.807) is 6.92 Å². The summed E-state index contributed by atoms with van der Waals surface area (Å²) >= 11 is 1.14. The molecule has 1 aliphatic heterocycles. The van der Waals surface area contributed by atoms with Gasteiger partial charge in [0.25, 0.3) is 0 Å². The van der Waals surface area contributed by atoms with Gasteiger partial charge in [-0.05, 0) is 19.8 Å². The molecule has 1 fully saturated rings. The quantitative estimate of drug-likeness (QED) is 0.829. The first kappa shape index (κ1) is 17.0. The number of anilines is 1. The maximum absolute atomic E-state index is 12.3. The van der Waals surface area contributed by atoms with Gasteiger partial charge in [0.05, 0.1) is 22.7 Å². The predicted molar refractivity (Wildman–Crippen MR) is 84.6 cm³/mol. The maximum Gasteiger partial charge on any atom is 0.230 e. The Morgan fingerprint density at radius 3 is 2.64 bits per heavy atom. The van der Waals surface area contributed by atoms with Crippen molar-refractivity contribution in [2.24, 2.45) is 5.92 Å². The molecule has 0 spiro atoms. The Balaban J connectivity index is 2.06. The van der Waals surface area contributed by atoms with Crippen molar-refractivity contribution < 1.29 is 18.0 Å². The summed E-state index contributed by atoms with van der Waals surface area (Å²) in [6.45, 7) is 3.81. The molecule has 1 unspecified atom stereocenters. The van der Waals surface area contributed by atoms with Crippen molar-refractivity contribution >= 4 is 38.2 Å². The average Bonchev–Trinajstić information content (AvgIpc) is 2.79. The second-order valence-electron chi connectivity index (χ2n) is 5.44. The molecule has 2 rings (SSSR count). The molecule has 0 saturated carbocycles. The Bertz CT molecular complexity index is 696. The largest absolute Gasteiger partial charge is 0.302 e. The van der Waals surface area contributed by atoms with Gasteiger partial charge in [0, 0.05) is 20.0 Å². The number of carbonyl (C=O) groups excluding carboxylic acids is 2. The van der Waals surface area contributed by atoms with Crippen molar-refractivity contribution in [1.29, 1.82) is 0 Å². The van der Waals surface area contributed by atoms with E-state index >= 15 is 0 Å². The van der Waals surface area contributed by atoms with Crippen LogP contribution in [0.3, 0.4) is 0 Å². The maximum atomic E-state index is 12.3. The Kier molecular flexibility index (Phi) is 4.98. The number of ketones is 1. The number of Topliss-reactive ketones (excluding diaryl/α,β-unsaturated/α-hetero) is 1. The topological polar surface area (TPSA) is 96.4 Å². The Morgan fingerprint density at radius 2 is 2.09 bits per heavy atom. The number of rotatable bonds is 4. The third-order valence-corrected chi connectivity index (χ3v) is 6.01. The summed E-state index contributed by atoms with van der Waals surface area (Å²) in [6.07, 6.45) is 2.44. The SMILES string of the molecule is CC(=O)c1sc(NC(=O)C2CCCN(S(C)(=O)=O)C2)nc1C. The predicted octanol–water partition coefficient (Wildman–Crippen LogP) is 1.26. The van der Waals surface area contributed by atoms with Crippen molar-refractivity contribution in [3.05, 3.63) is 10.6 Å². The molecule has 1 N–H and O–H groups in total. The van der Waals surface area contributed by atoms with Crippen LogP contribution in [0.25, 0.3) is 0 Å². The standard InChI is InChI=1S/C13H19N3O4S2/c1-8-11(9(2)17)21-13(14-8)15-12(18)10-5-4-6-16(7-10)22(3,19)20/h10H,4-7H2,1-3H3,(H,14,15,18). The van der Waals surface area contributed by atoms with Crippen LogP contribution in [-0.4, -0.2) is 48.7 Å². The number of aryl methyl sites for hydroxylation is 1. The van der Waals surface area contributed by atoms with Gasteiger partial charge in [0.1, 0.15) is 0 Å². The van der Waals surface area contributed by atoms with E-state index in [4.69, 9.17) is 0 Å². The first-order valence-electron chi connectivity index (χ1n) is 6.93. The number of nitrogens with one attached hydrogen (secondary N) is 1. The Labute approximate surface area is 133 Å². The average molecular weight is 345 g/mol. The number of carbonyl (C=O) groups is 2. The highest BCUT2D eigenvalue weighted by Gasteiger charge is 2.30. The first-order chi connectivity index (χ1) is 10.2. The number of sulfonamides is 1. The summed E-state index contributed by atoms with van der Waals surface area (Å²) < 4.78 is 24.5. The number of aromatic nitrogens is 1. The lowest BCUT2D eigenvalue weighted by Crippen LogP contribution is -2.43. The third kappa shape index (κ3) is 3.90. The molecule has 1 aliphatic rings. The molecule has 1 amide bonds. The molecule has 1 atom stereocenters. The number of nitrogens with zero attached hydrogens (tertiary/aromatic N) is 2. The summed E-state index contributed by atoms with van der Waals surface area (Å²) in [5.41, 5.74) is 0.592. The van der Waals surface area contributed by atoms with Gasteiger partial charge in [-0.15, -0.1) is 0 Å². The van der Waals surface area contributed by atoms with Crippen LogP contribution in [0.1, 0.15) is 35.1 Å². The summed E-state index contributed by atoms with van der Waals surface area (Å²) in [7, 11) is -3.28. The molecular formula is C13H19N3O4S2. The van der Waals surface area contributed by atoms with Gasteiger partial charge in [0.2, 0.25) is 15.9 Å². The number of amides is 1. The van der Waals surface area contributed by atoms with Gasteiger partial charge in [-0.25, -0.2) is 17.7 Å². The van der Waals surface area contributed by atoms with E-state index in [0.717, 1.165) is 17.6 Å². The van der Waals surface area contributed by atoms with Crippen LogP contribution < -0.4 is 5.32 Å². The highest BCUT2D eigenvalue weighted by atomic mass is 32.2. The lowest BCUT2D eigenvalue weighted by atomic mass is 9.99. The molecule has 1 aromatic rings. The van der Waals surface area contributed by atoms with Crippen molar-refractivity contribution in [3.8, 4) is 0 Å². The van der Waals surface area contributed by atoms with Gasteiger partial charge in [-0.3, -0.25) is 9.59 Å². The van der Waals surface area contributed by atoms with E-state index in [1.165, 1.54) is 11.2 Å². The number of thiazole rings is 1. The van der Waals surface area contributed by atoms with E-state index in [0.29, 0.717) is 35.1 Å². The first-order valence-corrected chi connectivity index (χ1v) is 9.59. The second-order valence-corrected chi connectivity index (χ2v) is 8.42. The molecule has 9 heteroatoms. The fraction of sp³-hybridized carbons (Fsp3) is 0.615. The minimum absolute atomic E-state index is 0.0867. The van der Waals surface area contributed by atoms with Crippen LogP contribution in [0, 0.1) is 12.8 Å². The number of piperidine rings is 1. The van der Waals surface area contributed by atoms with Crippen LogP contribution in [0.4, 0.5) is 5.13 Å². The summed E-state index contributed by atoms with van der Waals surface area (Å²) in [4.78, 5) is 28.4. The number of hydrogen-bond donors (Lipinski definition) is 1. The number of hydrogen-bond acceptors (Lipinski definition) is 6. The highest BCUT2D eigenvalue weighted by molar-refractivity contribution is 7.88. The fourth-order valence-electron chi connectivity index (χ4n) is 2.44. The molecule has 0 bridgehead atoms. The fourth-order valence-corrected chi connectivity index (χ4v) is 4.22. The molecule has 0 radical (unpaired) electrons. The molecule has 1 saturated heterocycles.